The van der Waals surface area contributed by atoms with Gasteiger partial charge in [-0.05, 0) is 59.4 Å². The highest BCUT2D eigenvalue weighted by molar-refractivity contribution is 6.90. The summed E-state index contributed by atoms with van der Waals surface area (Å²) < 4.78 is 0. The highest BCUT2D eigenvalue weighted by atomic mass is 28.3. The van der Waals surface area contributed by atoms with Gasteiger partial charge in [0.1, 0.15) is 19.5 Å². The molecule has 0 radical (unpaired) electrons. The average Bonchev–Trinajstić information content (AvgIpc) is 2.61. The summed E-state index contributed by atoms with van der Waals surface area (Å²) in [5, 5.41) is 8.74. The zero-order valence-corrected chi connectivity index (χ0v) is 18.7. The van der Waals surface area contributed by atoms with Crippen LogP contribution in [0.15, 0.2) is 18.2 Å². The minimum atomic E-state index is -1.75. The van der Waals surface area contributed by atoms with Crippen LogP contribution in [0, 0.1) is 35.1 Å². The van der Waals surface area contributed by atoms with Crippen molar-refractivity contribution in [2.75, 3.05) is 6.61 Å². The first-order valence-corrected chi connectivity index (χ1v) is 12.2. The summed E-state index contributed by atoms with van der Waals surface area (Å²) in [6, 6.07) is 5.81. The largest absolute Gasteiger partial charge is 0.396 e. The molecule has 144 valence electrons. The summed E-state index contributed by atoms with van der Waals surface area (Å²) in [5.74, 6) is 15.1. The molecule has 0 saturated heterocycles. The molecule has 1 aromatic rings. The summed E-state index contributed by atoms with van der Waals surface area (Å²) in [7, 11) is -1.75. The Hall–Kier alpha value is -1.99. The number of nitrogens with zero attached hydrogens (tertiary/aromatic N) is 1. The minimum absolute atomic E-state index is 0.222. The van der Waals surface area contributed by atoms with Crippen LogP contribution in [0.25, 0.3) is 0 Å². The molecule has 0 fully saturated rings. The molecule has 0 aliphatic heterocycles. The number of hydrogen-bond donors (Lipinski definition) is 1. The Morgan fingerprint density at radius 2 is 1.48 bits per heavy atom. The fraction of sp³-hybridized carbons (Fsp3) is 0.542. The first-order valence-electron chi connectivity index (χ1n) is 9.94. The number of aliphatic hydroxyl groups is 1. The number of hydrogen-bond acceptors (Lipinski definition) is 2. The first kappa shape index (κ1) is 23.0. The maximum absolute atomic E-state index is 8.74. The average molecular weight is 380 g/mol. The van der Waals surface area contributed by atoms with E-state index in [4.69, 9.17) is 5.11 Å². The second kappa shape index (κ2) is 11.7. The van der Waals surface area contributed by atoms with E-state index in [2.05, 4.69) is 81.7 Å². The standard InChI is InChI=1S/C24H33NOSi/c1-20(2)27(21(3)4,22(5)6)19-17-24-16-13-15-23(25-24)14-11-9-7-8-10-12-18-26/h13,15-16,20-22,26H,8,10,12,18H2,1-6H3. The highest BCUT2D eigenvalue weighted by Crippen LogP contribution is 2.40. The lowest BCUT2D eigenvalue weighted by Crippen LogP contribution is -2.43. The fourth-order valence-electron chi connectivity index (χ4n) is 3.71. The van der Waals surface area contributed by atoms with Gasteiger partial charge in [0, 0.05) is 13.0 Å². The molecular weight excluding hydrogens is 346 g/mol. The van der Waals surface area contributed by atoms with Crippen molar-refractivity contribution in [3.8, 4) is 35.1 Å². The van der Waals surface area contributed by atoms with Gasteiger partial charge in [-0.15, -0.1) is 5.54 Å². The molecule has 1 rings (SSSR count). The van der Waals surface area contributed by atoms with Gasteiger partial charge in [0.05, 0.1) is 0 Å². The van der Waals surface area contributed by atoms with E-state index in [1.165, 1.54) is 0 Å². The number of pyridine rings is 1. The Balaban J connectivity index is 3.00. The van der Waals surface area contributed by atoms with Crippen LogP contribution in [0.4, 0.5) is 0 Å². The Kier molecular flexibility index (Phi) is 9.96. The van der Waals surface area contributed by atoms with Gasteiger partial charge in [-0.25, -0.2) is 4.98 Å². The Morgan fingerprint density at radius 1 is 0.889 bits per heavy atom. The van der Waals surface area contributed by atoms with Crippen molar-refractivity contribution < 1.29 is 5.11 Å². The lowest BCUT2D eigenvalue weighted by Gasteiger charge is -2.38. The summed E-state index contributed by atoms with van der Waals surface area (Å²) in [5.41, 5.74) is 7.01. The van der Waals surface area contributed by atoms with Crippen LogP contribution in [0.1, 0.15) is 72.2 Å². The fourth-order valence-corrected chi connectivity index (χ4v) is 8.92. The lowest BCUT2D eigenvalue weighted by molar-refractivity contribution is 0.285. The molecule has 2 nitrogen and oxygen atoms in total. The van der Waals surface area contributed by atoms with E-state index in [-0.39, 0.29) is 6.61 Å². The molecule has 27 heavy (non-hydrogen) atoms. The van der Waals surface area contributed by atoms with Crippen molar-refractivity contribution in [3.05, 3.63) is 29.6 Å². The molecule has 0 aliphatic carbocycles. The van der Waals surface area contributed by atoms with E-state index in [0.29, 0.717) is 22.3 Å². The molecule has 0 bridgehead atoms. The molecule has 0 amide bonds. The third-order valence-electron chi connectivity index (χ3n) is 5.07. The maximum Gasteiger partial charge on any atom is 0.146 e. The molecule has 0 aromatic carbocycles. The summed E-state index contributed by atoms with van der Waals surface area (Å²) in [6.07, 6.45) is 2.46. The normalized spacial score (nSPS) is 10.7. The van der Waals surface area contributed by atoms with Gasteiger partial charge >= 0.3 is 0 Å². The van der Waals surface area contributed by atoms with Gasteiger partial charge in [-0.1, -0.05) is 59.4 Å². The molecule has 1 aromatic heterocycles. The summed E-state index contributed by atoms with van der Waals surface area (Å²) in [6.45, 7) is 14.1. The zero-order chi connectivity index (χ0) is 20.3. The summed E-state index contributed by atoms with van der Waals surface area (Å²) in [4.78, 5) is 4.58. The molecule has 0 spiro atoms. The van der Waals surface area contributed by atoms with E-state index in [1.54, 1.807) is 0 Å². The van der Waals surface area contributed by atoms with Gasteiger partial charge in [-0.2, -0.15) is 0 Å². The molecule has 1 N–H and O–H groups in total. The molecule has 0 unspecified atom stereocenters. The minimum Gasteiger partial charge on any atom is -0.396 e. The Labute approximate surface area is 167 Å². The molecule has 1 heterocycles. The van der Waals surface area contributed by atoms with Crippen LogP contribution < -0.4 is 0 Å². The van der Waals surface area contributed by atoms with Crippen LogP contribution in [0.2, 0.25) is 16.6 Å². The third-order valence-corrected chi connectivity index (χ3v) is 11.4. The van der Waals surface area contributed by atoms with Crippen LogP contribution in [0.3, 0.4) is 0 Å². The van der Waals surface area contributed by atoms with Crippen molar-refractivity contribution in [1.29, 1.82) is 0 Å². The third kappa shape index (κ3) is 6.91. The molecule has 0 atom stereocenters. The number of rotatable bonds is 6. The van der Waals surface area contributed by atoms with Crippen molar-refractivity contribution >= 4 is 8.07 Å². The molecule has 0 aliphatic rings. The predicted molar refractivity (Wildman–Crippen MR) is 118 cm³/mol. The quantitative estimate of drug-likeness (QED) is 0.420. The molecule has 3 heteroatoms. The van der Waals surface area contributed by atoms with Gasteiger partial charge in [-0.3, -0.25) is 0 Å². The van der Waals surface area contributed by atoms with Gasteiger partial charge in [0.15, 0.2) is 0 Å². The lowest BCUT2D eigenvalue weighted by atomic mass is 10.2. The second-order valence-electron chi connectivity index (χ2n) is 7.79. The predicted octanol–water partition coefficient (Wildman–Crippen LogP) is 5.17. The monoisotopic (exact) mass is 379 g/mol. The van der Waals surface area contributed by atoms with Gasteiger partial charge in [0.2, 0.25) is 0 Å². The number of aromatic nitrogens is 1. The highest BCUT2D eigenvalue weighted by Gasteiger charge is 2.41. The zero-order valence-electron chi connectivity index (χ0n) is 17.7. The van der Waals surface area contributed by atoms with E-state index < -0.39 is 8.07 Å². The van der Waals surface area contributed by atoms with Crippen molar-refractivity contribution in [2.24, 2.45) is 0 Å². The van der Waals surface area contributed by atoms with E-state index in [0.717, 1.165) is 25.0 Å². The van der Waals surface area contributed by atoms with E-state index in [9.17, 15) is 0 Å². The first-order chi connectivity index (χ1) is 12.8. The molecule has 0 saturated carbocycles. The van der Waals surface area contributed by atoms with Crippen LogP contribution in [-0.2, 0) is 0 Å². The maximum atomic E-state index is 8.74. The number of unbranched alkanes of at least 4 members (excludes halogenated alkanes) is 2. The van der Waals surface area contributed by atoms with Gasteiger partial charge in [0.25, 0.3) is 0 Å². The van der Waals surface area contributed by atoms with Gasteiger partial charge < -0.3 is 5.11 Å². The van der Waals surface area contributed by atoms with Crippen LogP contribution in [0.5, 0.6) is 0 Å². The summed E-state index contributed by atoms with van der Waals surface area (Å²) >= 11 is 0. The van der Waals surface area contributed by atoms with Crippen molar-refractivity contribution in [1.82, 2.24) is 4.98 Å². The SMILES string of the molecule is CC(C)[Si](C#Cc1cccc(C#CC#CCCCCO)n1)(C(C)C)C(C)C. The second-order valence-corrected chi connectivity index (χ2v) is 13.4. The smallest absolute Gasteiger partial charge is 0.146 e. The van der Waals surface area contributed by atoms with Crippen LogP contribution in [-0.4, -0.2) is 24.8 Å². The van der Waals surface area contributed by atoms with Crippen molar-refractivity contribution in [3.63, 3.8) is 0 Å². The Bertz CT molecular complexity index is 754. The van der Waals surface area contributed by atoms with E-state index >= 15 is 0 Å². The van der Waals surface area contributed by atoms with Crippen LogP contribution >= 0.6 is 0 Å². The Morgan fingerprint density at radius 3 is 2.04 bits per heavy atom. The topological polar surface area (TPSA) is 33.1 Å². The molecular formula is C24H33NOSi. The van der Waals surface area contributed by atoms with Crippen molar-refractivity contribution in [2.45, 2.75) is 77.4 Å². The number of aliphatic hydroxyl groups excluding tert-OH is 1. The van der Waals surface area contributed by atoms with E-state index in [1.807, 2.05) is 18.2 Å².